The highest BCUT2D eigenvalue weighted by Crippen LogP contribution is 2.56. The van der Waals surface area contributed by atoms with Gasteiger partial charge in [0.25, 0.3) is 0 Å². The van der Waals surface area contributed by atoms with Crippen LogP contribution in [0.5, 0.6) is 0 Å². The molecule has 11 rings (SSSR count). The lowest BCUT2D eigenvalue weighted by molar-refractivity contribution is 0.672. The summed E-state index contributed by atoms with van der Waals surface area (Å²) in [5, 5.41) is 3.08. The van der Waals surface area contributed by atoms with Crippen molar-refractivity contribution in [2.24, 2.45) is 0 Å². The zero-order valence-electron chi connectivity index (χ0n) is 29.3. The topological polar surface area (TPSA) is 38.9 Å². The molecule has 0 unspecified atom stereocenters. The number of furan rings is 1. The fraction of sp³-hybridized carbons (Fsp3) is 0.0196. The molecule has 0 N–H and O–H groups in total. The average Bonchev–Trinajstić information content (AvgIpc) is 3.78. The van der Waals surface area contributed by atoms with Crippen LogP contribution in [-0.2, 0) is 5.41 Å². The molecule has 0 saturated carbocycles. The summed E-state index contributed by atoms with van der Waals surface area (Å²) in [7, 11) is 0. The molecule has 0 saturated heterocycles. The van der Waals surface area contributed by atoms with E-state index in [4.69, 9.17) is 14.4 Å². The standard InChI is InChI=1S/C51H32N2O/c1-3-15-33(16-4-1)48-47-45(30-29-42-41-25-9-12-28-46(41)54-49(42)47)52-50(53-48)36-19-13-17-34(31-36)35-18-14-22-38(32-35)51(37-20-5-2-6-21-37)43-26-10-7-23-39(43)40-24-8-11-27-44(40)51/h1-32H. The molecule has 3 heteroatoms. The van der Waals surface area contributed by atoms with Gasteiger partial charge < -0.3 is 4.42 Å². The Bertz CT molecular complexity index is 3010. The summed E-state index contributed by atoms with van der Waals surface area (Å²) in [6.07, 6.45) is 0. The first-order valence-corrected chi connectivity index (χ1v) is 18.4. The van der Waals surface area contributed by atoms with E-state index in [0.717, 1.165) is 60.8 Å². The molecule has 8 aromatic carbocycles. The van der Waals surface area contributed by atoms with E-state index in [0.29, 0.717) is 5.82 Å². The molecule has 3 nitrogen and oxygen atoms in total. The largest absolute Gasteiger partial charge is 0.455 e. The van der Waals surface area contributed by atoms with Crippen molar-refractivity contribution in [3.05, 3.63) is 216 Å². The van der Waals surface area contributed by atoms with Crippen LogP contribution in [-0.4, -0.2) is 9.97 Å². The molecule has 10 aromatic rings. The predicted octanol–water partition coefficient (Wildman–Crippen LogP) is 12.9. The maximum Gasteiger partial charge on any atom is 0.160 e. The molecule has 0 fully saturated rings. The number of benzene rings is 8. The molecule has 54 heavy (non-hydrogen) atoms. The van der Waals surface area contributed by atoms with Gasteiger partial charge in [-0.05, 0) is 74.8 Å². The Morgan fingerprint density at radius 3 is 1.78 bits per heavy atom. The molecule has 252 valence electrons. The van der Waals surface area contributed by atoms with Crippen LogP contribution in [0.1, 0.15) is 22.3 Å². The highest BCUT2D eigenvalue weighted by Gasteiger charge is 2.45. The van der Waals surface area contributed by atoms with E-state index in [1.54, 1.807) is 0 Å². The number of rotatable bonds is 5. The SMILES string of the molecule is c1ccc(-c2nc(-c3cccc(-c4cccc(C5(c6ccccc6)c6ccccc6-c6ccccc65)c4)c3)nc3ccc4c5ccccc5oc4c23)cc1. The minimum Gasteiger partial charge on any atom is -0.455 e. The van der Waals surface area contributed by atoms with Gasteiger partial charge in [0.1, 0.15) is 11.2 Å². The van der Waals surface area contributed by atoms with Gasteiger partial charge in [-0.2, -0.15) is 0 Å². The quantitative estimate of drug-likeness (QED) is 0.181. The maximum atomic E-state index is 6.51. The van der Waals surface area contributed by atoms with Crippen molar-refractivity contribution < 1.29 is 4.42 Å². The lowest BCUT2D eigenvalue weighted by atomic mass is 9.67. The first-order valence-electron chi connectivity index (χ1n) is 18.4. The molecule has 0 atom stereocenters. The summed E-state index contributed by atoms with van der Waals surface area (Å²) in [6.45, 7) is 0. The van der Waals surface area contributed by atoms with Gasteiger partial charge in [-0.1, -0.05) is 164 Å². The van der Waals surface area contributed by atoms with Gasteiger partial charge in [0.05, 0.1) is 22.0 Å². The van der Waals surface area contributed by atoms with Gasteiger partial charge in [-0.3, -0.25) is 0 Å². The fourth-order valence-corrected chi connectivity index (χ4v) is 8.82. The summed E-state index contributed by atoms with van der Waals surface area (Å²) < 4.78 is 6.51. The Labute approximate surface area is 312 Å². The Kier molecular flexibility index (Phi) is 6.77. The van der Waals surface area contributed by atoms with E-state index in [9.17, 15) is 0 Å². The van der Waals surface area contributed by atoms with Gasteiger partial charge in [-0.15, -0.1) is 0 Å². The lowest BCUT2D eigenvalue weighted by Crippen LogP contribution is -2.28. The number of aromatic nitrogens is 2. The Hall–Kier alpha value is -7.10. The van der Waals surface area contributed by atoms with E-state index < -0.39 is 5.41 Å². The van der Waals surface area contributed by atoms with Crippen LogP contribution in [0.4, 0.5) is 0 Å². The normalized spacial score (nSPS) is 13.0. The molecule has 2 aromatic heterocycles. The highest BCUT2D eigenvalue weighted by molar-refractivity contribution is 6.17. The van der Waals surface area contributed by atoms with Crippen molar-refractivity contribution in [1.82, 2.24) is 9.97 Å². The second kappa shape index (κ2) is 12.0. The summed E-state index contributed by atoms with van der Waals surface area (Å²) >= 11 is 0. The minimum absolute atomic E-state index is 0.462. The molecule has 0 radical (unpaired) electrons. The smallest absolute Gasteiger partial charge is 0.160 e. The van der Waals surface area contributed by atoms with Crippen molar-refractivity contribution in [1.29, 1.82) is 0 Å². The van der Waals surface area contributed by atoms with Crippen LogP contribution in [0.2, 0.25) is 0 Å². The zero-order valence-corrected chi connectivity index (χ0v) is 29.3. The van der Waals surface area contributed by atoms with Gasteiger partial charge in [0.2, 0.25) is 0 Å². The van der Waals surface area contributed by atoms with E-state index >= 15 is 0 Å². The second-order valence-electron chi connectivity index (χ2n) is 14.1. The van der Waals surface area contributed by atoms with Crippen molar-refractivity contribution in [2.75, 3.05) is 0 Å². The monoisotopic (exact) mass is 688 g/mol. The lowest BCUT2D eigenvalue weighted by Gasteiger charge is -2.34. The van der Waals surface area contributed by atoms with Gasteiger partial charge >= 0.3 is 0 Å². The fourth-order valence-electron chi connectivity index (χ4n) is 8.82. The van der Waals surface area contributed by atoms with Crippen LogP contribution < -0.4 is 0 Å². The van der Waals surface area contributed by atoms with Crippen molar-refractivity contribution in [2.45, 2.75) is 5.41 Å². The molecule has 0 amide bonds. The van der Waals surface area contributed by atoms with E-state index in [1.807, 2.05) is 18.2 Å². The van der Waals surface area contributed by atoms with Gasteiger partial charge in [0.15, 0.2) is 5.82 Å². The van der Waals surface area contributed by atoms with E-state index in [1.165, 1.54) is 33.4 Å². The molecule has 1 aliphatic rings. The van der Waals surface area contributed by atoms with Crippen molar-refractivity contribution >= 4 is 32.8 Å². The highest BCUT2D eigenvalue weighted by atomic mass is 16.3. The zero-order chi connectivity index (χ0) is 35.6. The van der Waals surface area contributed by atoms with Crippen LogP contribution in [0.3, 0.4) is 0 Å². The van der Waals surface area contributed by atoms with Crippen LogP contribution in [0.15, 0.2) is 199 Å². The summed E-state index contributed by atoms with van der Waals surface area (Å²) in [4.78, 5) is 10.5. The summed E-state index contributed by atoms with van der Waals surface area (Å²) in [5.41, 5.74) is 14.8. The number of fused-ring (bicyclic) bond motifs is 8. The van der Waals surface area contributed by atoms with E-state index in [2.05, 4.69) is 176 Å². The second-order valence-corrected chi connectivity index (χ2v) is 14.1. The molecule has 2 heterocycles. The molecular formula is C51H32N2O. The Morgan fingerprint density at radius 2 is 1.00 bits per heavy atom. The van der Waals surface area contributed by atoms with Gasteiger partial charge in [-0.25, -0.2) is 9.97 Å². The van der Waals surface area contributed by atoms with Gasteiger partial charge in [0, 0.05) is 21.9 Å². The molecule has 0 aliphatic heterocycles. The summed E-state index contributed by atoms with van der Waals surface area (Å²) in [6, 6.07) is 69.2. The number of para-hydroxylation sites is 1. The minimum atomic E-state index is -0.462. The third-order valence-electron chi connectivity index (χ3n) is 11.2. The number of hydrogen-bond acceptors (Lipinski definition) is 3. The maximum absolute atomic E-state index is 6.51. The first-order chi connectivity index (χ1) is 26.8. The Balaban J connectivity index is 1.09. The van der Waals surface area contributed by atoms with Crippen molar-refractivity contribution in [3.8, 4) is 44.9 Å². The molecule has 0 bridgehead atoms. The average molecular weight is 689 g/mol. The predicted molar refractivity (Wildman–Crippen MR) is 220 cm³/mol. The van der Waals surface area contributed by atoms with Crippen LogP contribution in [0.25, 0.3) is 77.7 Å². The number of hydrogen-bond donors (Lipinski definition) is 0. The van der Waals surface area contributed by atoms with Crippen LogP contribution in [0, 0.1) is 0 Å². The Morgan fingerprint density at radius 1 is 0.407 bits per heavy atom. The molecular weight excluding hydrogens is 657 g/mol. The van der Waals surface area contributed by atoms with Crippen molar-refractivity contribution in [3.63, 3.8) is 0 Å². The third kappa shape index (κ3) is 4.49. The van der Waals surface area contributed by atoms with E-state index in [-0.39, 0.29) is 0 Å². The molecule has 1 aliphatic carbocycles. The van der Waals surface area contributed by atoms with Crippen LogP contribution >= 0.6 is 0 Å². The number of nitrogens with zero attached hydrogens (tertiary/aromatic N) is 2. The molecule has 0 spiro atoms. The third-order valence-corrected chi connectivity index (χ3v) is 11.2. The first kappa shape index (κ1) is 30.5. The summed E-state index contributed by atoms with van der Waals surface area (Å²) in [5.74, 6) is 0.675.